The van der Waals surface area contributed by atoms with E-state index in [0.29, 0.717) is 17.4 Å². The van der Waals surface area contributed by atoms with Gasteiger partial charge < -0.3 is 9.47 Å². The third-order valence-electron chi connectivity index (χ3n) is 5.02. The monoisotopic (exact) mass is 382 g/mol. The van der Waals surface area contributed by atoms with Crippen molar-refractivity contribution in [1.29, 1.82) is 5.26 Å². The number of thioether (sulfide) groups is 1. The lowest BCUT2D eigenvalue weighted by atomic mass is 10.1. The first-order chi connectivity index (χ1) is 13.2. The standard InChI is InChI=1S/C19H22N6OS/c20-11-15-1-3-16(4-2-15)12-23-7-9-24(10-8-23)18(26)13-27-19-22-21-14-25(19)17-5-6-17/h1-4,14,17H,5-10,12-13H2. The maximum atomic E-state index is 12.5. The van der Waals surface area contributed by atoms with Crippen LogP contribution in [0.4, 0.5) is 0 Å². The minimum atomic E-state index is 0.170. The van der Waals surface area contributed by atoms with Gasteiger partial charge in [0.1, 0.15) is 6.33 Å². The third kappa shape index (κ3) is 4.49. The van der Waals surface area contributed by atoms with Crippen LogP contribution in [-0.4, -0.2) is 62.4 Å². The van der Waals surface area contributed by atoms with Gasteiger partial charge in [0, 0.05) is 38.8 Å². The first-order valence-electron chi connectivity index (χ1n) is 9.24. The second kappa shape index (κ2) is 8.11. The van der Waals surface area contributed by atoms with Gasteiger partial charge in [-0.15, -0.1) is 10.2 Å². The maximum Gasteiger partial charge on any atom is 0.233 e. The van der Waals surface area contributed by atoms with Gasteiger partial charge in [0.2, 0.25) is 5.91 Å². The Bertz CT molecular complexity index is 831. The zero-order chi connectivity index (χ0) is 18.6. The van der Waals surface area contributed by atoms with E-state index in [2.05, 4.69) is 25.7 Å². The number of nitriles is 1. The molecule has 0 bridgehead atoms. The molecule has 2 aromatic rings. The number of carbonyl (C=O) groups excluding carboxylic acids is 1. The van der Waals surface area contributed by atoms with Gasteiger partial charge in [0.05, 0.1) is 17.4 Å². The lowest BCUT2D eigenvalue weighted by Gasteiger charge is -2.34. The molecule has 1 aromatic carbocycles. The summed E-state index contributed by atoms with van der Waals surface area (Å²) in [7, 11) is 0. The molecule has 7 nitrogen and oxygen atoms in total. The minimum Gasteiger partial charge on any atom is -0.339 e. The summed E-state index contributed by atoms with van der Waals surface area (Å²) in [4.78, 5) is 16.8. The Labute approximate surface area is 163 Å². The smallest absolute Gasteiger partial charge is 0.233 e. The van der Waals surface area contributed by atoms with Crippen molar-refractivity contribution < 1.29 is 4.79 Å². The summed E-state index contributed by atoms with van der Waals surface area (Å²) in [6, 6.07) is 10.4. The van der Waals surface area contributed by atoms with Gasteiger partial charge in [-0.2, -0.15) is 5.26 Å². The van der Waals surface area contributed by atoms with Crippen LogP contribution in [0.15, 0.2) is 35.7 Å². The summed E-state index contributed by atoms with van der Waals surface area (Å²) >= 11 is 1.49. The summed E-state index contributed by atoms with van der Waals surface area (Å²) in [5.41, 5.74) is 1.88. The van der Waals surface area contributed by atoms with Crippen LogP contribution in [0.5, 0.6) is 0 Å². The van der Waals surface area contributed by atoms with Gasteiger partial charge in [-0.3, -0.25) is 9.69 Å². The number of hydrogen-bond acceptors (Lipinski definition) is 6. The molecule has 2 fully saturated rings. The quantitative estimate of drug-likeness (QED) is 0.711. The summed E-state index contributed by atoms with van der Waals surface area (Å²) in [6.07, 6.45) is 4.13. The van der Waals surface area contributed by atoms with Gasteiger partial charge in [-0.1, -0.05) is 23.9 Å². The van der Waals surface area contributed by atoms with Crippen molar-refractivity contribution in [2.24, 2.45) is 0 Å². The molecule has 27 heavy (non-hydrogen) atoms. The topological polar surface area (TPSA) is 78.1 Å². The van der Waals surface area contributed by atoms with Crippen molar-refractivity contribution in [2.45, 2.75) is 30.6 Å². The predicted octanol–water partition coefficient (Wildman–Crippen LogP) is 1.92. The van der Waals surface area contributed by atoms with E-state index in [4.69, 9.17) is 5.26 Å². The molecule has 8 heteroatoms. The molecular formula is C19H22N6OS. The molecule has 1 aliphatic heterocycles. The summed E-state index contributed by atoms with van der Waals surface area (Å²) in [5, 5.41) is 17.8. The van der Waals surface area contributed by atoms with Crippen LogP contribution in [0.1, 0.15) is 30.0 Å². The van der Waals surface area contributed by atoms with Crippen molar-refractivity contribution >= 4 is 17.7 Å². The molecule has 1 saturated carbocycles. The second-order valence-corrected chi connectivity index (χ2v) is 7.95. The molecule has 0 atom stereocenters. The molecular weight excluding hydrogens is 360 g/mol. The van der Waals surface area contributed by atoms with E-state index in [1.807, 2.05) is 29.2 Å². The highest BCUT2D eigenvalue weighted by Crippen LogP contribution is 2.37. The van der Waals surface area contributed by atoms with Crippen LogP contribution >= 0.6 is 11.8 Å². The molecule has 0 spiro atoms. The Morgan fingerprint density at radius 1 is 1.19 bits per heavy atom. The van der Waals surface area contributed by atoms with Crippen LogP contribution in [-0.2, 0) is 11.3 Å². The first kappa shape index (κ1) is 18.0. The number of hydrogen-bond donors (Lipinski definition) is 0. The Morgan fingerprint density at radius 2 is 1.93 bits per heavy atom. The normalized spacial score (nSPS) is 17.7. The highest BCUT2D eigenvalue weighted by Gasteiger charge is 2.27. The predicted molar refractivity (Wildman–Crippen MR) is 102 cm³/mol. The number of carbonyl (C=O) groups is 1. The van der Waals surface area contributed by atoms with Crippen molar-refractivity contribution in [2.75, 3.05) is 31.9 Å². The van der Waals surface area contributed by atoms with E-state index < -0.39 is 0 Å². The van der Waals surface area contributed by atoms with E-state index >= 15 is 0 Å². The average Bonchev–Trinajstić information content (AvgIpc) is 3.45. The van der Waals surface area contributed by atoms with E-state index in [-0.39, 0.29) is 5.91 Å². The van der Waals surface area contributed by atoms with E-state index in [0.717, 1.165) is 37.9 Å². The van der Waals surface area contributed by atoms with Crippen molar-refractivity contribution in [1.82, 2.24) is 24.6 Å². The SMILES string of the molecule is N#Cc1ccc(CN2CCN(C(=O)CSc3nncn3C3CC3)CC2)cc1. The van der Waals surface area contributed by atoms with E-state index in [1.54, 1.807) is 6.33 Å². The largest absolute Gasteiger partial charge is 0.339 e. The minimum absolute atomic E-state index is 0.170. The lowest BCUT2D eigenvalue weighted by molar-refractivity contribution is -0.130. The molecule has 0 unspecified atom stereocenters. The molecule has 1 aromatic heterocycles. The van der Waals surface area contributed by atoms with Crippen LogP contribution in [0.25, 0.3) is 0 Å². The molecule has 1 amide bonds. The summed E-state index contributed by atoms with van der Waals surface area (Å²) in [6.45, 7) is 4.10. The molecule has 2 aliphatic rings. The van der Waals surface area contributed by atoms with Crippen LogP contribution in [0.2, 0.25) is 0 Å². The number of benzene rings is 1. The van der Waals surface area contributed by atoms with Gasteiger partial charge in [0.15, 0.2) is 5.16 Å². The third-order valence-corrected chi connectivity index (χ3v) is 5.96. The molecule has 140 valence electrons. The van der Waals surface area contributed by atoms with Gasteiger partial charge in [-0.05, 0) is 30.5 Å². The van der Waals surface area contributed by atoms with Crippen LogP contribution < -0.4 is 0 Å². The average molecular weight is 382 g/mol. The maximum absolute atomic E-state index is 12.5. The Kier molecular flexibility index (Phi) is 5.41. The number of nitrogens with zero attached hydrogens (tertiary/aromatic N) is 6. The summed E-state index contributed by atoms with van der Waals surface area (Å²) in [5.74, 6) is 0.587. The molecule has 1 saturated heterocycles. The highest BCUT2D eigenvalue weighted by atomic mass is 32.2. The number of aromatic nitrogens is 3. The molecule has 0 radical (unpaired) electrons. The van der Waals surface area contributed by atoms with E-state index in [1.165, 1.54) is 30.2 Å². The fourth-order valence-corrected chi connectivity index (χ4v) is 4.14. The zero-order valence-electron chi connectivity index (χ0n) is 15.1. The molecule has 2 heterocycles. The fraction of sp³-hybridized carbons (Fsp3) is 0.474. The number of amides is 1. The second-order valence-electron chi connectivity index (χ2n) is 7.01. The highest BCUT2D eigenvalue weighted by molar-refractivity contribution is 7.99. The van der Waals surface area contributed by atoms with E-state index in [9.17, 15) is 4.79 Å². The molecule has 1 aliphatic carbocycles. The van der Waals surface area contributed by atoms with Crippen LogP contribution in [0.3, 0.4) is 0 Å². The summed E-state index contributed by atoms with van der Waals surface area (Å²) < 4.78 is 2.09. The van der Waals surface area contributed by atoms with Gasteiger partial charge in [0.25, 0.3) is 0 Å². The van der Waals surface area contributed by atoms with Crippen molar-refractivity contribution in [3.05, 3.63) is 41.7 Å². The number of rotatable bonds is 6. The molecule has 4 rings (SSSR count). The Hall–Kier alpha value is -2.37. The van der Waals surface area contributed by atoms with Crippen LogP contribution in [0, 0.1) is 11.3 Å². The molecule has 0 N–H and O–H groups in total. The zero-order valence-corrected chi connectivity index (χ0v) is 15.9. The van der Waals surface area contributed by atoms with Gasteiger partial charge >= 0.3 is 0 Å². The first-order valence-corrected chi connectivity index (χ1v) is 10.2. The van der Waals surface area contributed by atoms with Crippen molar-refractivity contribution in [3.8, 4) is 6.07 Å². The lowest BCUT2D eigenvalue weighted by Crippen LogP contribution is -2.48. The Balaban J connectivity index is 1.23. The number of piperazine rings is 1. The van der Waals surface area contributed by atoms with Gasteiger partial charge in [-0.25, -0.2) is 0 Å². The fourth-order valence-electron chi connectivity index (χ4n) is 3.25. The van der Waals surface area contributed by atoms with Crippen molar-refractivity contribution in [3.63, 3.8) is 0 Å². The Morgan fingerprint density at radius 3 is 2.59 bits per heavy atom.